The van der Waals surface area contributed by atoms with Crippen molar-refractivity contribution in [2.75, 3.05) is 18.5 Å². The predicted molar refractivity (Wildman–Crippen MR) is 165 cm³/mol. The Morgan fingerprint density at radius 2 is 1.91 bits per heavy atom. The number of esters is 2. The topological polar surface area (TPSA) is 119 Å². The van der Waals surface area contributed by atoms with Crippen molar-refractivity contribution in [3.05, 3.63) is 45.8 Å². The van der Waals surface area contributed by atoms with Crippen molar-refractivity contribution >= 4 is 44.2 Å². The average molecular weight is 631 g/mol. The van der Waals surface area contributed by atoms with E-state index in [1.807, 2.05) is 0 Å². The number of nitrogens with one attached hydrogen (secondary N) is 1. The van der Waals surface area contributed by atoms with Gasteiger partial charge in [-0.15, -0.1) is 11.3 Å². The number of benzene rings is 1. The monoisotopic (exact) mass is 630 g/mol. The zero-order valence-corrected chi connectivity index (χ0v) is 27.5. The Kier molecular flexibility index (Phi) is 8.56. The molecule has 2 bridgehead atoms. The SMILES string of the molecule is CCOC(=O)c1c(NC(=O)[C@@H](C)OC(=O)c2cccc(S(=O)(=O)N3C[C@]4(C)C[C@@H]3CC(C)(C)C4)c2)sc2c1CC[C@@H](C)C2. The number of rotatable bonds is 8. The maximum absolute atomic E-state index is 13.7. The molecule has 2 heterocycles. The molecule has 2 aliphatic carbocycles. The molecule has 9 nitrogen and oxygen atoms in total. The Hall–Kier alpha value is -2.76. The molecule has 5 rings (SSSR count). The van der Waals surface area contributed by atoms with Crippen molar-refractivity contribution in [3.8, 4) is 0 Å². The third-order valence-corrected chi connectivity index (χ3v) is 12.0. The molecule has 4 atom stereocenters. The van der Waals surface area contributed by atoms with Crippen LogP contribution in [0.25, 0.3) is 0 Å². The van der Waals surface area contributed by atoms with Crippen molar-refractivity contribution in [2.45, 2.75) is 97.1 Å². The van der Waals surface area contributed by atoms with E-state index in [0.717, 1.165) is 49.0 Å². The van der Waals surface area contributed by atoms with E-state index in [-0.39, 0.29) is 33.9 Å². The number of carbonyl (C=O) groups is 3. The normalized spacial score (nSPS) is 25.4. The minimum Gasteiger partial charge on any atom is -0.462 e. The number of fused-ring (bicyclic) bond motifs is 3. The number of hydrogen-bond donors (Lipinski definition) is 1. The Balaban J connectivity index is 1.30. The van der Waals surface area contributed by atoms with Gasteiger partial charge in [0.1, 0.15) is 5.00 Å². The highest BCUT2D eigenvalue weighted by Gasteiger charge is 2.53. The minimum atomic E-state index is -3.84. The smallest absolute Gasteiger partial charge is 0.341 e. The van der Waals surface area contributed by atoms with Crippen LogP contribution in [-0.4, -0.2) is 55.9 Å². The van der Waals surface area contributed by atoms with Crippen LogP contribution in [0, 0.1) is 16.7 Å². The fourth-order valence-electron chi connectivity index (χ4n) is 7.36. The van der Waals surface area contributed by atoms with Crippen LogP contribution in [0.4, 0.5) is 5.00 Å². The summed E-state index contributed by atoms with van der Waals surface area (Å²) in [5.74, 6) is -1.40. The van der Waals surface area contributed by atoms with E-state index in [2.05, 4.69) is 33.0 Å². The predicted octanol–water partition coefficient (Wildman–Crippen LogP) is 5.82. The lowest BCUT2D eigenvalue weighted by molar-refractivity contribution is -0.123. The van der Waals surface area contributed by atoms with Crippen LogP contribution in [0.1, 0.15) is 98.4 Å². The molecule has 1 saturated carbocycles. The van der Waals surface area contributed by atoms with Crippen LogP contribution >= 0.6 is 11.3 Å². The van der Waals surface area contributed by atoms with Crippen LogP contribution in [0.5, 0.6) is 0 Å². The fraction of sp³-hybridized carbons (Fsp3) is 0.594. The van der Waals surface area contributed by atoms with E-state index in [9.17, 15) is 22.8 Å². The summed E-state index contributed by atoms with van der Waals surface area (Å²) in [6.45, 7) is 12.5. The van der Waals surface area contributed by atoms with Gasteiger partial charge < -0.3 is 14.8 Å². The molecule has 1 aromatic heterocycles. The number of ether oxygens (including phenoxy) is 2. The Morgan fingerprint density at radius 3 is 2.63 bits per heavy atom. The van der Waals surface area contributed by atoms with Crippen LogP contribution in [-0.2, 0) is 37.1 Å². The molecule has 0 radical (unpaired) electrons. The standard InChI is InChI=1S/C32H42N2O7S2/c1-7-40-30(37)26-24-12-11-19(2)13-25(24)42-28(26)33-27(35)20(3)41-29(36)21-9-8-10-23(14-21)43(38,39)34-18-32(6)16-22(34)15-31(4,5)17-32/h8-10,14,19-20,22H,7,11-13,15-18H2,1-6H3,(H,33,35)/t19-,20-,22+,32-/m1/s1. The number of carbonyl (C=O) groups excluding carboxylic acids is 3. The summed E-state index contributed by atoms with van der Waals surface area (Å²) in [5, 5.41) is 3.18. The van der Waals surface area contributed by atoms with Gasteiger partial charge in [0, 0.05) is 17.5 Å². The molecule has 2 fully saturated rings. The lowest BCUT2D eigenvalue weighted by Crippen LogP contribution is -2.37. The first-order valence-corrected chi connectivity index (χ1v) is 17.3. The third kappa shape index (κ3) is 6.40. The number of hydrogen-bond acceptors (Lipinski definition) is 8. The van der Waals surface area contributed by atoms with Gasteiger partial charge in [-0.05, 0) is 92.9 Å². The average Bonchev–Trinajstić information content (AvgIpc) is 3.40. The Morgan fingerprint density at radius 1 is 1.16 bits per heavy atom. The van der Waals surface area contributed by atoms with Gasteiger partial charge in [-0.3, -0.25) is 4.79 Å². The van der Waals surface area contributed by atoms with Crippen LogP contribution in [0.3, 0.4) is 0 Å². The van der Waals surface area contributed by atoms with Crippen LogP contribution < -0.4 is 5.32 Å². The molecule has 1 N–H and O–H groups in total. The molecular formula is C32H42N2O7S2. The molecule has 11 heteroatoms. The summed E-state index contributed by atoms with van der Waals surface area (Å²) in [6, 6.07) is 5.74. The van der Waals surface area contributed by atoms with E-state index in [1.54, 1.807) is 11.2 Å². The molecule has 1 saturated heterocycles. The molecule has 0 spiro atoms. The summed E-state index contributed by atoms with van der Waals surface area (Å²) < 4.78 is 39.8. The third-order valence-electron chi connectivity index (χ3n) is 8.92. The second-order valence-corrected chi connectivity index (χ2v) is 16.6. The molecule has 234 valence electrons. The second-order valence-electron chi connectivity index (χ2n) is 13.6. The maximum atomic E-state index is 13.7. The highest BCUT2D eigenvalue weighted by molar-refractivity contribution is 7.89. The van der Waals surface area contributed by atoms with E-state index in [1.165, 1.54) is 42.5 Å². The van der Waals surface area contributed by atoms with Gasteiger partial charge in [0.05, 0.1) is 22.6 Å². The lowest BCUT2D eigenvalue weighted by atomic mass is 9.65. The number of sulfonamides is 1. The van der Waals surface area contributed by atoms with Gasteiger partial charge in [0.2, 0.25) is 10.0 Å². The van der Waals surface area contributed by atoms with Crippen molar-refractivity contribution < 1.29 is 32.3 Å². The van der Waals surface area contributed by atoms with Crippen LogP contribution in [0.15, 0.2) is 29.2 Å². The van der Waals surface area contributed by atoms with Crippen LogP contribution in [0.2, 0.25) is 0 Å². The first kappa shape index (κ1) is 31.7. The molecule has 1 aliphatic heterocycles. The van der Waals surface area contributed by atoms with Gasteiger partial charge in [-0.1, -0.05) is 33.8 Å². The molecule has 43 heavy (non-hydrogen) atoms. The molecule has 1 amide bonds. The number of thiophene rings is 1. The Bertz CT molecular complexity index is 1550. The van der Waals surface area contributed by atoms with E-state index < -0.39 is 34.0 Å². The second kappa shape index (κ2) is 11.6. The minimum absolute atomic E-state index is 0.0329. The highest BCUT2D eigenvalue weighted by Crippen LogP contribution is 2.53. The first-order valence-electron chi connectivity index (χ1n) is 15.1. The molecule has 1 aromatic carbocycles. The Labute approximate surface area is 258 Å². The van der Waals surface area contributed by atoms with E-state index in [0.29, 0.717) is 23.0 Å². The molecular weight excluding hydrogens is 588 g/mol. The van der Waals surface area contributed by atoms with Crippen molar-refractivity contribution in [1.29, 1.82) is 0 Å². The van der Waals surface area contributed by atoms with Gasteiger partial charge in [0.15, 0.2) is 6.10 Å². The lowest BCUT2D eigenvalue weighted by Gasteiger charge is -2.39. The summed E-state index contributed by atoms with van der Waals surface area (Å²) in [4.78, 5) is 40.1. The van der Waals surface area contributed by atoms with E-state index >= 15 is 0 Å². The highest BCUT2D eigenvalue weighted by atomic mass is 32.2. The number of amides is 1. The zero-order chi connectivity index (χ0) is 31.3. The first-order chi connectivity index (χ1) is 20.1. The quantitative estimate of drug-likeness (QED) is 0.365. The number of nitrogens with zero attached hydrogens (tertiary/aromatic N) is 1. The van der Waals surface area contributed by atoms with Gasteiger partial charge in [-0.25, -0.2) is 18.0 Å². The summed E-state index contributed by atoms with van der Waals surface area (Å²) in [5.41, 5.74) is 1.32. The largest absolute Gasteiger partial charge is 0.462 e. The molecule has 2 aromatic rings. The van der Waals surface area contributed by atoms with Gasteiger partial charge in [0.25, 0.3) is 5.91 Å². The van der Waals surface area contributed by atoms with E-state index in [4.69, 9.17) is 9.47 Å². The fourth-order valence-corrected chi connectivity index (χ4v) is 10.6. The zero-order valence-electron chi connectivity index (χ0n) is 25.8. The maximum Gasteiger partial charge on any atom is 0.341 e. The summed E-state index contributed by atoms with van der Waals surface area (Å²) in [7, 11) is -3.84. The van der Waals surface area contributed by atoms with Crippen molar-refractivity contribution in [3.63, 3.8) is 0 Å². The van der Waals surface area contributed by atoms with Gasteiger partial charge in [-0.2, -0.15) is 4.31 Å². The summed E-state index contributed by atoms with van der Waals surface area (Å²) >= 11 is 1.36. The summed E-state index contributed by atoms with van der Waals surface area (Å²) in [6.07, 6.45) is 3.89. The van der Waals surface area contributed by atoms with Crippen molar-refractivity contribution in [2.24, 2.45) is 16.7 Å². The number of anilines is 1. The molecule has 0 unspecified atom stereocenters. The molecule has 3 aliphatic rings. The van der Waals surface area contributed by atoms with Crippen molar-refractivity contribution in [1.82, 2.24) is 4.31 Å². The van der Waals surface area contributed by atoms with Gasteiger partial charge >= 0.3 is 11.9 Å².